The van der Waals surface area contributed by atoms with Gasteiger partial charge in [-0.15, -0.1) is 0 Å². The molecule has 1 heterocycles. The normalized spacial score (nSPS) is 9.91. The maximum atomic E-state index is 11.8. The topological polar surface area (TPSA) is 123 Å². The van der Waals surface area contributed by atoms with Crippen molar-refractivity contribution in [3.8, 4) is 34.6 Å². The van der Waals surface area contributed by atoms with Crippen LogP contribution in [-0.2, 0) is 0 Å². The first-order valence-corrected chi connectivity index (χ1v) is 6.16. The van der Waals surface area contributed by atoms with Gasteiger partial charge in [0, 0.05) is 5.56 Å². The minimum atomic E-state index is -0.612. The minimum absolute atomic E-state index is 0.0900. The molecule has 0 aliphatic heterocycles. The van der Waals surface area contributed by atoms with Gasteiger partial charge in [-0.25, -0.2) is 4.98 Å². The third kappa shape index (κ3) is 2.52. The zero-order chi connectivity index (χ0) is 16.3. The largest absolute Gasteiger partial charge is 0.493 e. The Morgan fingerprint density at radius 1 is 1.18 bits per heavy atom. The Hall–Kier alpha value is -3.21. The quantitative estimate of drug-likeness (QED) is 0.860. The highest BCUT2D eigenvalue weighted by atomic mass is 16.5. The number of aromatic amines is 1. The fourth-order valence-corrected chi connectivity index (χ4v) is 2.02. The number of anilines is 1. The predicted octanol–water partition coefficient (Wildman–Crippen LogP) is 0.917. The van der Waals surface area contributed by atoms with E-state index < -0.39 is 5.56 Å². The van der Waals surface area contributed by atoms with Crippen LogP contribution in [0.3, 0.4) is 0 Å². The third-order valence-electron chi connectivity index (χ3n) is 2.99. The van der Waals surface area contributed by atoms with Crippen molar-refractivity contribution in [1.29, 1.82) is 5.26 Å². The van der Waals surface area contributed by atoms with Crippen LogP contribution in [0.15, 0.2) is 16.9 Å². The van der Waals surface area contributed by atoms with Crippen LogP contribution >= 0.6 is 0 Å². The first-order chi connectivity index (χ1) is 10.5. The molecule has 2 rings (SSSR count). The van der Waals surface area contributed by atoms with Gasteiger partial charge in [-0.2, -0.15) is 5.26 Å². The molecule has 3 N–H and O–H groups in total. The lowest BCUT2D eigenvalue weighted by Gasteiger charge is -2.14. The fourth-order valence-electron chi connectivity index (χ4n) is 2.02. The number of nitrogen functional groups attached to an aromatic ring is 1. The van der Waals surface area contributed by atoms with Gasteiger partial charge < -0.3 is 19.9 Å². The van der Waals surface area contributed by atoms with E-state index in [4.69, 9.17) is 25.2 Å². The van der Waals surface area contributed by atoms with Crippen molar-refractivity contribution in [2.45, 2.75) is 0 Å². The molecule has 8 nitrogen and oxygen atoms in total. The van der Waals surface area contributed by atoms with Crippen LogP contribution in [0.25, 0.3) is 11.3 Å². The van der Waals surface area contributed by atoms with Crippen molar-refractivity contribution < 1.29 is 14.2 Å². The van der Waals surface area contributed by atoms with Crippen LogP contribution in [0.1, 0.15) is 5.56 Å². The molecular formula is C14H14N4O4. The smallest absolute Gasteiger partial charge is 0.270 e. The van der Waals surface area contributed by atoms with E-state index >= 15 is 0 Å². The highest BCUT2D eigenvalue weighted by Gasteiger charge is 2.18. The molecule has 0 radical (unpaired) electrons. The van der Waals surface area contributed by atoms with E-state index in [1.807, 2.05) is 6.07 Å². The van der Waals surface area contributed by atoms with Gasteiger partial charge in [-0.1, -0.05) is 0 Å². The Balaban J connectivity index is 2.79. The fraction of sp³-hybridized carbons (Fsp3) is 0.214. The number of aromatic nitrogens is 2. The van der Waals surface area contributed by atoms with Crippen molar-refractivity contribution in [3.05, 3.63) is 28.0 Å². The van der Waals surface area contributed by atoms with Gasteiger partial charge in [-0.3, -0.25) is 9.78 Å². The Morgan fingerprint density at radius 2 is 1.77 bits per heavy atom. The van der Waals surface area contributed by atoms with E-state index in [1.54, 1.807) is 12.1 Å². The standard InChI is InChI=1S/C14H14N4O4/c1-20-9-4-7(5-10(21-2)12(9)22-3)11-8(6-15)13(19)18-14(16)17-11/h4-5H,1-3H3,(H3,16,17,18,19). The monoisotopic (exact) mass is 302 g/mol. The van der Waals surface area contributed by atoms with Crippen LogP contribution in [0, 0.1) is 11.3 Å². The van der Waals surface area contributed by atoms with Crippen LogP contribution in [0.2, 0.25) is 0 Å². The van der Waals surface area contributed by atoms with Crippen molar-refractivity contribution in [1.82, 2.24) is 9.97 Å². The summed E-state index contributed by atoms with van der Waals surface area (Å²) in [4.78, 5) is 18.1. The first kappa shape index (κ1) is 15.2. The predicted molar refractivity (Wildman–Crippen MR) is 79.1 cm³/mol. The van der Waals surface area contributed by atoms with Crippen LogP contribution in [0.5, 0.6) is 17.2 Å². The number of nitrogens with zero attached hydrogens (tertiary/aromatic N) is 2. The Bertz CT molecular complexity index is 782. The molecule has 0 fully saturated rings. The molecule has 1 aromatic carbocycles. The molecule has 22 heavy (non-hydrogen) atoms. The number of methoxy groups -OCH3 is 3. The number of hydrogen-bond donors (Lipinski definition) is 2. The maximum Gasteiger partial charge on any atom is 0.270 e. The first-order valence-electron chi connectivity index (χ1n) is 6.16. The number of nitrogens with one attached hydrogen (secondary N) is 1. The number of hydrogen-bond acceptors (Lipinski definition) is 7. The zero-order valence-corrected chi connectivity index (χ0v) is 12.3. The lowest BCUT2D eigenvalue weighted by atomic mass is 10.1. The summed E-state index contributed by atoms with van der Waals surface area (Å²) in [6.45, 7) is 0. The molecule has 8 heteroatoms. The summed E-state index contributed by atoms with van der Waals surface area (Å²) >= 11 is 0. The average Bonchev–Trinajstić information content (AvgIpc) is 2.52. The Morgan fingerprint density at radius 3 is 2.23 bits per heavy atom. The van der Waals surface area contributed by atoms with E-state index in [1.165, 1.54) is 21.3 Å². The summed E-state index contributed by atoms with van der Waals surface area (Å²) in [5, 5.41) is 9.17. The molecule has 0 saturated carbocycles. The summed E-state index contributed by atoms with van der Waals surface area (Å²) < 4.78 is 15.7. The van der Waals surface area contributed by atoms with Gasteiger partial charge in [0.25, 0.3) is 5.56 Å². The number of ether oxygens (including phenoxy) is 3. The Labute approximate surface area is 126 Å². The van der Waals surface area contributed by atoms with Gasteiger partial charge >= 0.3 is 0 Å². The van der Waals surface area contributed by atoms with E-state index in [0.717, 1.165) is 0 Å². The third-order valence-corrected chi connectivity index (χ3v) is 2.99. The molecule has 0 saturated heterocycles. The molecule has 2 aromatic rings. The van der Waals surface area contributed by atoms with Gasteiger partial charge in [0.2, 0.25) is 11.7 Å². The molecular weight excluding hydrogens is 288 g/mol. The number of benzene rings is 1. The molecule has 0 aliphatic rings. The van der Waals surface area contributed by atoms with Crippen molar-refractivity contribution >= 4 is 5.95 Å². The molecule has 0 aliphatic carbocycles. The van der Waals surface area contributed by atoms with Crippen molar-refractivity contribution in [2.75, 3.05) is 27.1 Å². The van der Waals surface area contributed by atoms with Gasteiger partial charge in [0.1, 0.15) is 11.6 Å². The minimum Gasteiger partial charge on any atom is -0.493 e. The van der Waals surface area contributed by atoms with Gasteiger partial charge in [0.15, 0.2) is 11.5 Å². The summed E-state index contributed by atoms with van der Waals surface area (Å²) in [5.41, 5.74) is 5.38. The summed E-state index contributed by atoms with van der Waals surface area (Å²) in [7, 11) is 4.40. The molecule has 0 bridgehead atoms. The molecule has 0 atom stereocenters. The zero-order valence-electron chi connectivity index (χ0n) is 12.3. The van der Waals surface area contributed by atoms with Crippen molar-refractivity contribution in [2.24, 2.45) is 0 Å². The lowest BCUT2D eigenvalue weighted by molar-refractivity contribution is 0.324. The van der Waals surface area contributed by atoms with Crippen molar-refractivity contribution in [3.63, 3.8) is 0 Å². The number of nitriles is 1. The van der Waals surface area contributed by atoms with E-state index in [0.29, 0.717) is 22.8 Å². The Kier molecular flexibility index (Phi) is 4.18. The maximum absolute atomic E-state index is 11.8. The molecule has 0 amide bonds. The number of rotatable bonds is 4. The number of H-pyrrole nitrogens is 1. The van der Waals surface area contributed by atoms with Gasteiger partial charge in [-0.05, 0) is 12.1 Å². The van der Waals surface area contributed by atoms with E-state index in [9.17, 15) is 4.79 Å². The van der Waals surface area contributed by atoms with Gasteiger partial charge in [0.05, 0.1) is 27.0 Å². The van der Waals surface area contributed by atoms with Crippen LogP contribution < -0.4 is 25.5 Å². The molecule has 114 valence electrons. The number of nitrogens with two attached hydrogens (primary N) is 1. The molecule has 0 spiro atoms. The highest BCUT2D eigenvalue weighted by molar-refractivity contribution is 5.72. The second-order valence-corrected chi connectivity index (χ2v) is 4.20. The average molecular weight is 302 g/mol. The van der Waals surface area contributed by atoms with Crippen LogP contribution in [0.4, 0.5) is 5.95 Å². The molecule has 1 aromatic heterocycles. The SMILES string of the molecule is COc1cc(-c2nc(N)[nH]c(=O)c2C#N)cc(OC)c1OC. The van der Waals surface area contributed by atoms with E-state index in [-0.39, 0.29) is 17.2 Å². The highest BCUT2D eigenvalue weighted by Crippen LogP contribution is 2.41. The van der Waals surface area contributed by atoms with E-state index in [2.05, 4.69) is 9.97 Å². The second-order valence-electron chi connectivity index (χ2n) is 4.20. The molecule has 0 unspecified atom stereocenters. The van der Waals surface area contributed by atoms with Crippen LogP contribution in [-0.4, -0.2) is 31.3 Å². The second kappa shape index (κ2) is 6.05. The summed E-state index contributed by atoms with van der Waals surface area (Å²) in [6, 6.07) is 4.99. The lowest BCUT2D eigenvalue weighted by Crippen LogP contribution is -2.16. The summed E-state index contributed by atoms with van der Waals surface area (Å²) in [6.07, 6.45) is 0. The summed E-state index contributed by atoms with van der Waals surface area (Å²) in [5.74, 6) is 1.06.